The molecule has 23 heavy (non-hydrogen) atoms. The Morgan fingerprint density at radius 1 is 0.522 bits per heavy atom. The molecule has 22 heteroatoms. The first-order valence-corrected chi connectivity index (χ1v) is 7.58. The van der Waals surface area contributed by atoms with E-state index in [2.05, 4.69) is 0 Å². The van der Waals surface area contributed by atoms with Crippen LogP contribution < -0.4 is 0 Å². The highest BCUT2D eigenvalue weighted by molar-refractivity contribution is 8.17. The Morgan fingerprint density at radius 3 is 1.09 bits per heavy atom. The van der Waals surface area contributed by atoms with Crippen LogP contribution in [-0.4, -0.2) is 156 Å². The number of hydrogen-bond donors (Lipinski definition) is 0. The van der Waals surface area contributed by atoms with Gasteiger partial charge in [0, 0.05) is 156 Å². The molecular formula is CH3B22. The van der Waals surface area contributed by atoms with Gasteiger partial charge in [0.25, 0.3) is 0 Å². The summed E-state index contributed by atoms with van der Waals surface area (Å²) in [6, 6.07) is 0. The fourth-order valence-electron chi connectivity index (χ4n) is 3.45. The molecule has 0 aromatic carbocycles. The first kappa shape index (κ1) is 24.4. The predicted octanol–water partition coefficient (Wildman–Crippen LogP) is -7.79. The number of hydrogen-bond acceptors (Lipinski definition) is 0. The minimum absolute atomic E-state index is 0.288. The van der Waals surface area contributed by atoms with E-state index in [1.165, 1.54) is 7.06 Å². The third kappa shape index (κ3) is 6.92. The zero-order chi connectivity index (χ0) is 18.5. The first-order valence-electron chi connectivity index (χ1n) is 7.58. The molecule has 0 fully saturated rings. The predicted molar refractivity (Wildman–Crippen MR) is 132 cm³/mol. The summed E-state index contributed by atoms with van der Waals surface area (Å²) in [6.45, 7) is 1.56. The van der Waals surface area contributed by atoms with Crippen molar-refractivity contribution >= 4 is 156 Å². The normalized spacial score (nSPS) is 9.26. The largest absolute Gasteiger partial charge is 0.101 e. The fraction of sp³-hybridized carbons (Fsp3) is 1.00. The van der Waals surface area contributed by atoms with Gasteiger partial charge in [-0.25, -0.2) is 0 Å². The summed E-state index contributed by atoms with van der Waals surface area (Å²) < 4.78 is 0. The van der Waals surface area contributed by atoms with Gasteiger partial charge in [-0.1, -0.05) is 0 Å². The Balaban J connectivity index is 5.91. The van der Waals surface area contributed by atoms with Gasteiger partial charge in [-0.3, -0.25) is 0 Å². The lowest BCUT2D eigenvalue weighted by atomic mass is 8.40. The van der Waals surface area contributed by atoms with Crippen molar-refractivity contribution in [2.24, 2.45) is 0 Å². The molecule has 0 spiro atoms. The van der Waals surface area contributed by atoms with Crippen LogP contribution in [0.4, 0.5) is 0 Å². The molecule has 0 nitrogen and oxygen atoms in total. The van der Waals surface area contributed by atoms with Crippen molar-refractivity contribution in [3.05, 3.63) is 0 Å². The van der Waals surface area contributed by atoms with Gasteiger partial charge < -0.3 is 0 Å². The lowest BCUT2D eigenvalue weighted by Gasteiger charge is -2.43. The van der Waals surface area contributed by atoms with Crippen LogP contribution in [0.2, 0.25) is 6.82 Å². The number of rotatable bonds is 10. The van der Waals surface area contributed by atoms with Crippen molar-refractivity contribution in [2.75, 3.05) is 0 Å². The van der Waals surface area contributed by atoms with Crippen molar-refractivity contribution < 1.29 is 0 Å². The lowest BCUT2D eigenvalue weighted by Crippen LogP contribution is -2.80. The molecular weight excluding hydrogens is 250 g/mol. The summed E-state index contributed by atoms with van der Waals surface area (Å²) >= 11 is 0. The van der Waals surface area contributed by atoms with E-state index < -0.39 is 57.5 Å². The molecule has 0 atom stereocenters. The first-order chi connectivity index (χ1) is 10.5. The van der Waals surface area contributed by atoms with Crippen LogP contribution in [-0.2, 0) is 0 Å². The van der Waals surface area contributed by atoms with E-state index in [4.69, 9.17) is 85.1 Å². The maximum atomic E-state index is 5.88. The molecule has 0 aromatic heterocycles. The molecule has 0 bridgehead atoms. The van der Waals surface area contributed by atoms with Gasteiger partial charge in [0.15, 0.2) is 0 Å². The van der Waals surface area contributed by atoms with E-state index in [0.717, 1.165) is 0 Å². The molecule has 23 radical (unpaired) electrons. The summed E-state index contributed by atoms with van der Waals surface area (Å²) in [6.07, 6.45) is -5.90. The SMILES string of the molecule is [B][B]B(B([B])[B])B(B(C)B(B([B])[B])B([B])[B])B(B([B])[B])B([B])[B]. The summed E-state index contributed by atoms with van der Waals surface area (Å²) in [5, 5.41) is 0. The third-order valence-corrected chi connectivity index (χ3v) is 4.55. The van der Waals surface area contributed by atoms with Crippen molar-refractivity contribution in [3.63, 3.8) is 0 Å². The second kappa shape index (κ2) is 11.2. The summed E-state index contributed by atoms with van der Waals surface area (Å²) in [7, 11) is 65.7. The van der Waals surface area contributed by atoms with Crippen LogP contribution in [0.25, 0.3) is 0 Å². The molecule has 0 aliphatic carbocycles. The second-order valence-electron chi connectivity index (χ2n) is 6.25. The molecule has 0 aliphatic rings. The molecule has 0 aliphatic heterocycles. The highest BCUT2D eigenvalue weighted by Crippen LogP contribution is 2.09. The standard InChI is InChI=1S/CH3B22/c1-14(21(16(5)6)17(7)8)22(20(13-2)15(3)4)23(18(9)10)19(11)12/h1H3. The average molecular weight is 253 g/mol. The lowest BCUT2D eigenvalue weighted by molar-refractivity contribution is 2.32. The van der Waals surface area contributed by atoms with Crippen LogP contribution >= 0.6 is 0 Å². The van der Waals surface area contributed by atoms with Gasteiger partial charge in [0.2, 0.25) is 0 Å². The molecule has 0 heterocycles. The molecule has 0 unspecified atom stereocenters. The van der Waals surface area contributed by atoms with Gasteiger partial charge in [-0.2, -0.15) is 0 Å². The Labute approximate surface area is 162 Å². The summed E-state index contributed by atoms with van der Waals surface area (Å²) in [5.74, 6) is 0. The molecule has 0 amide bonds. The molecule has 0 N–H and O–H groups in total. The van der Waals surface area contributed by atoms with Gasteiger partial charge in [0.1, 0.15) is 0 Å². The second-order valence-corrected chi connectivity index (χ2v) is 6.25. The zero-order valence-corrected chi connectivity index (χ0v) is 13.7. The van der Waals surface area contributed by atoms with E-state index in [-0.39, 0.29) is 6.49 Å². The maximum absolute atomic E-state index is 5.88. The van der Waals surface area contributed by atoms with E-state index in [1.54, 1.807) is 0 Å². The quantitative estimate of drug-likeness (QED) is 0.339. The monoisotopic (exact) mass is 257 g/mol. The minimum Gasteiger partial charge on any atom is -0.101 e. The Morgan fingerprint density at radius 2 is 0.870 bits per heavy atom. The van der Waals surface area contributed by atoms with Gasteiger partial charge in [-0.05, 0) is 0 Å². The minimum atomic E-state index is -0.827. The van der Waals surface area contributed by atoms with Crippen LogP contribution in [0.15, 0.2) is 0 Å². The van der Waals surface area contributed by atoms with Crippen LogP contribution in [0.3, 0.4) is 0 Å². The maximum Gasteiger partial charge on any atom is 0.0413 e. The van der Waals surface area contributed by atoms with E-state index in [9.17, 15) is 0 Å². The highest BCUT2D eigenvalue weighted by atomic mass is 13.3. The summed E-state index contributed by atoms with van der Waals surface area (Å²) in [5.41, 5.74) is 0. The highest BCUT2D eigenvalue weighted by Gasteiger charge is 2.45. The molecule has 0 rings (SSSR count). The van der Waals surface area contributed by atoms with Crippen LogP contribution in [0.1, 0.15) is 0 Å². The van der Waals surface area contributed by atoms with E-state index in [1.807, 2.05) is 6.82 Å². The van der Waals surface area contributed by atoms with Crippen molar-refractivity contribution in [3.8, 4) is 0 Å². The van der Waals surface area contributed by atoms with Crippen molar-refractivity contribution in [1.82, 2.24) is 0 Å². The van der Waals surface area contributed by atoms with Gasteiger partial charge in [-0.15, -0.1) is 6.82 Å². The average Bonchev–Trinajstić information content (AvgIpc) is 2.35. The topological polar surface area (TPSA) is 0 Å². The Kier molecular flexibility index (Phi) is 11.9. The Hall–Kier alpha value is 1.43. The smallest absolute Gasteiger partial charge is 0.0413 e. The van der Waals surface area contributed by atoms with E-state index >= 15 is 0 Å². The molecule has 0 aromatic rings. The van der Waals surface area contributed by atoms with Crippen molar-refractivity contribution in [2.45, 2.75) is 6.82 Å². The van der Waals surface area contributed by atoms with Crippen LogP contribution in [0, 0.1) is 0 Å². The molecule has 73 valence electrons. The fourth-order valence-corrected chi connectivity index (χ4v) is 3.45. The van der Waals surface area contributed by atoms with Crippen molar-refractivity contribution in [1.29, 1.82) is 0 Å². The molecule has 0 saturated carbocycles. The molecule has 0 saturated heterocycles. The van der Waals surface area contributed by atoms with Gasteiger partial charge >= 0.3 is 0 Å². The Bertz CT molecular complexity index is 287. The third-order valence-electron chi connectivity index (χ3n) is 4.55. The summed E-state index contributed by atoms with van der Waals surface area (Å²) in [4.78, 5) is 0. The zero-order valence-electron chi connectivity index (χ0n) is 13.7. The van der Waals surface area contributed by atoms with Gasteiger partial charge in [0.05, 0.1) is 0 Å². The van der Waals surface area contributed by atoms with E-state index in [0.29, 0.717) is 0 Å². The van der Waals surface area contributed by atoms with Crippen LogP contribution in [0.5, 0.6) is 0 Å².